The number of aromatic nitrogens is 1. The molecule has 100 valence electrons. The Hall–Kier alpha value is -1.14. The summed E-state index contributed by atoms with van der Waals surface area (Å²) in [6, 6.07) is 2.97. The first kappa shape index (κ1) is 14.9. The molecule has 1 aromatic rings. The molecule has 1 amide bonds. The first-order valence-corrected chi connectivity index (χ1v) is 7.53. The average Bonchev–Trinajstić information content (AvgIpc) is 2.29. The summed E-state index contributed by atoms with van der Waals surface area (Å²) in [5, 5.41) is 3.00. The Labute approximate surface area is 114 Å². The van der Waals surface area contributed by atoms with Gasteiger partial charge in [-0.1, -0.05) is 11.6 Å². The number of halogens is 1. The molecule has 0 saturated carbocycles. The summed E-state index contributed by atoms with van der Waals surface area (Å²) in [6.07, 6.45) is 2.26. The maximum absolute atomic E-state index is 11.9. The lowest BCUT2D eigenvalue weighted by atomic mass is 10.2. The zero-order valence-corrected chi connectivity index (χ0v) is 11.8. The SMILES string of the molecule is CC(CCS(C)=O)NC(=O)c1nc(N)ccc1Cl. The van der Waals surface area contributed by atoms with Gasteiger partial charge in [0.2, 0.25) is 0 Å². The van der Waals surface area contributed by atoms with Gasteiger partial charge in [-0.25, -0.2) is 4.98 Å². The molecule has 0 aliphatic carbocycles. The number of nitrogen functional groups attached to an aromatic ring is 1. The molecule has 0 fully saturated rings. The van der Waals surface area contributed by atoms with E-state index in [2.05, 4.69) is 10.3 Å². The highest BCUT2D eigenvalue weighted by Gasteiger charge is 2.15. The third kappa shape index (κ3) is 4.62. The van der Waals surface area contributed by atoms with Crippen molar-refractivity contribution in [3.8, 4) is 0 Å². The molecule has 0 aromatic carbocycles. The van der Waals surface area contributed by atoms with Crippen molar-refractivity contribution in [2.75, 3.05) is 17.7 Å². The van der Waals surface area contributed by atoms with Gasteiger partial charge in [0.1, 0.15) is 11.5 Å². The molecule has 0 spiro atoms. The van der Waals surface area contributed by atoms with Crippen LogP contribution in [0, 0.1) is 0 Å². The molecule has 1 aromatic heterocycles. The number of anilines is 1. The van der Waals surface area contributed by atoms with E-state index < -0.39 is 10.8 Å². The van der Waals surface area contributed by atoms with Crippen LogP contribution in [0.5, 0.6) is 0 Å². The third-order valence-corrected chi connectivity index (χ3v) is 3.41. The van der Waals surface area contributed by atoms with Crippen molar-refractivity contribution in [1.29, 1.82) is 0 Å². The molecule has 0 radical (unpaired) electrons. The Morgan fingerprint density at radius 2 is 2.28 bits per heavy atom. The van der Waals surface area contributed by atoms with Gasteiger partial charge in [-0.3, -0.25) is 9.00 Å². The van der Waals surface area contributed by atoms with Crippen molar-refractivity contribution in [3.05, 3.63) is 22.8 Å². The standard InChI is InChI=1S/C11H16ClN3O2S/c1-7(5-6-18(2)17)14-11(16)10-8(12)3-4-9(13)15-10/h3-4,7H,5-6H2,1-2H3,(H2,13,15)(H,14,16). The largest absolute Gasteiger partial charge is 0.384 e. The maximum atomic E-state index is 11.9. The average molecular weight is 290 g/mol. The second-order valence-corrected chi connectivity index (χ2v) is 5.97. The van der Waals surface area contributed by atoms with Crippen molar-refractivity contribution >= 4 is 34.1 Å². The van der Waals surface area contributed by atoms with E-state index in [-0.39, 0.29) is 28.5 Å². The summed E-state index contributed by atoms with van der Waals surface area (Å²) in [7, 11) is -0.867. The minimum Gasteiger partial charge on any atom is -0.384 e. The Kier molecular flexibility index (Phi) is 5.55. The van der Waals surface area contributed by atoms with Gasteiger partial charge >= 0.3 is 0 Å². The van der Waals surface area contributed by atoms with Gasteiger partial charge in [0.05, 0.1) is 5.02 Å². The predicted octanol–water partition coefficient (Wildman–Crippen LogP) is 1.20. The molecule has 2 unspecified atom stereocenters. The number of amides is 1. The molecule has 2 atom stereocenters. The Morgan fingerprint density at radius 1 is 1.61 bits per heavy atom. The molecule has 5 nitrogen and oxygen atoms in total. The van der Waals surface area contributed by atoms with E-state index in [0.717, 1.165) is 0 Å². The van der Waals surface area contributed by atoms with Crippen LogP contribution in [0.1, 0.15) is 23.8 Å². The second-order valence-electron chi connectivity index (χ2n) is 4.01. The predicted molar refractivity (Wildman–Crippen MR) is 74.1 cm³/mol. The van der Waals surface area contributed by atoms with E-state index >= 15 is 0 Å². The fourth-order valence-corrected chi connectivity index (χ4v) is 2.20. The highest BCUT2D eigenvalue weighted by atomic mass is 35.5. The molecule has 7 heteroatoms. The highest BCUT2D eigenvalue weighted by molar-refractivity contribution is 7.84. The van der Waals surface area contributed by atoms with Crippen LogP contribution in [0.2, 0.25) is 5.02 Å². The van der Waals surface area contributed by atoms with E-state index in [1.807, 2.05) is 6.92 Å². The van der Waals surface area contributed by atoms with E-state index in [1.165, 1.54) is 12.1 Å². The summed E-state index contributed by atoms with van der Waals surface area (Å²) in [5.41, 5.74) is 5.62. The van der Waals surface area contributed by atoms with E-state index in [1.54, 1.807) is 6.26 Å². The lowest BCUT2D eigenvalue weighted by Gasteiger charge is -2.13. The Balaban J connectivity index is 2.64. The number of hydrogen-bond donors (Lipinski definition) is 2. The molecular formula is C11H16ClN3O2S. The monoisotopic (exact) mass is 289 g/mol. The lowest BCUT2D eigenvalue weighted by Crippen LogP contribution is -2.34. The summed E-state index contributed by atoms with van der Waals surface area (Å²) in [5.74, 6) is 0.410. The van der Waals surface area contributed by atoms with E-state index in [4.69, 9.17) is 17.3 Å². The molecule has 0 aliphatic rings. The number of rotatable bonds is 5. The van der Waals surface area contributed by atoms with Crippen LogP contribution < -0.4 is 11.1 Å². The number of nitrogens with one attached hydrogen (secondary N) is 1. The van der Waals surface area contributed by atoms with Gasteiger partial charge in [-0.05, 0) is 25.5 Å². The first-order chi connectivity index (χ1) is 8.40. The van der Waals surface area contributed by atoms with Crippen LogP contribution in [0.3, 0.4) is 0 Å². The maximum Gasteiger partial charge on any atom is 0.271 e. The summed E-state index contributed by atoms with van der Waals surface area (Å²) in [4.78, 5) is 15.8. The minimum absolute atomic E-state index is 0.0966. The van der Waals surface area contributed by atoms with Gasteiger partial charge in [0.25, 0.3) is 5.91 Å². The van der Waals surface area contributed by atoms with Crippen molar-refractivity contribution in [3.63, 3.8) is 0 Å². The van der Waals surface area contributed by atoms with Crippen LogP contribution >= 0.6 is 11.6 Å². The molecule has 18 heavy (non-hydrogen) atoms. The molecule has 0 aliphatic heterocycles. The van der Waals surface area contributed by atoms with Crippen LogP contribution in [0.15, 0.2) is 12.1 Å². The first-order valence-electron chi connectivity index (χ1n) is 5.43. The quantitative estimate of drug-likeness (QED) is 0.853. The zero-order chi connectivity index (χ0) is 13.7. The van der Waals surface area contributed by atoms with E-state index in [0.29, 0.717) is 12.2 Å². The summed E-state index contributed by atoms with van der Waals surface area (Å²) >= 11 is 5.87. The van der Waals surface area contributed by atoms with Crippen LogP contribution in [0.25, 0.3) is 0 Å². The molecular weight excluding hydrogens is 274 g/mol. The Bertz CT molecular complexity index is 468. The fourth-order valence-electron chi connectivity index (χ4n) is 1.32. The second kappa shape index (κ2) is 6.70. The number of hydrogen-bond acceptors (Lipinski definition) is 4. The number of nitrogens with two attached hydrogens (primary N) is 1. The molecule has 0 saturated heterocycles. The molecule has 0 bridgehead atoms. The zero-order valence-electron chi connectivity index (χ0n) is 10.3. The van der Waals surface area contributed by atoms with Gasteiger partial charge in [-0.2, -0.15) is 0 Å². The topological polar surface area (TPSA) is 85.1 Å². The molecule has 3 N–H and O–H groups in total. The summed E-state index contributed by atoms with van der Waals surface area (Å²) < 4.78 is 11.0. The number of pyridine rings is 1. The lowest BCUT2D eigenvalue weighted by molar-refractivity contribution is 0.0934. The highest BCUT2D eigenvalue weighted by Crippen LogP contribution is 2.15. The van der Waals surface area contributed by atoms with Gasteiger partial charge < -0.3 is 11.1 Å². The Morgan fingerprint density at radius 3 is 2.89 bits per heavy atom. The minimum atomic E-state index is -0.867. The van der Waals surface area contributed by atoms with Crippen molar-refractivity contribution in [2.45, 2.75) is 19.4 Å². The normalized spacial score (nSPS) is 13.9. The third-order valence-electron chi connectivity index (χ3n) is 2.30. The van der Waals surface area contributed by atoms with Gasteiger partial charge in [0, 0.05) is 28.9 Å². The molecule has 1 rings (SSSR count). The van der Waals surface area contributed by atoms with Crippen molar-refractivity contribution in [2.24, 2.45) is 0 Å². The van der Waals surface area contributed by atoms with Crippen molar-refractivity contribution in [1.82, 2.24) is 10.3 Å². The number of nitrogens with zero attached hydrogens (tertiary/aromatic N) is 1. The van der Waals surface area contributed by atoms with Crippen LogP contribution in [0.4, 0.5) is 5.82 Å². The van der Waals surface area contributed by atoms with Gasteiger partial charge in [-0.15, -0.1) is 0 Å². The van der Waals surface area contributed by atoms with Crippen LogP contribution in [-0.2, 0) is 10.8 Å². The fraction of sp³-hybridized carbons (Fsp3) is 0.455. The summed E-state index contributed by atoms with van der Waals surface area (Å²) in [6.45, 7) is 1.84. The number of carbonyl (C=O) groups excluding carboxylic acids is 1. The smallest absolute Gasteiger partial charge is 0.271 e. The van der Waals surface area contributed by atoms with Crippen molar-refractivity contribution < 1.29 is 9.00 Å². The molecule has 1 heterocycles. The van der Waals surface area contributed by atoms with E-state index in [9.17, 15) is 9.00 Å². The van der Waals surface area contributed by atoms with Gasteiger partial charge in [0.15, 0.2) is 0 Å². The van der Waals surface area contributed by atoms with Crippen LogP contribution in [-0.4, -0.2) is 33.2 Å². The number of carbonyl (C=O) groups is 1.